The maximum absolute atomic E-state index is 11.6. The lowest BCUT2D eigenvalue weighted by atomic mass is 10.1. The number of aromatic nitrogens is 1. The van der Waals surface area contributed by atoms with Gasteiger partial charge in [-0.05, 0) is 6.92 Å². The molecule has 2 rings (SSSR count). The van der Waals surface area contributed by atoms with Gasteiger partial charge in [-0.1, -0.05) is 0 Å². The van der Waals surface area contributed by atoms with Crippen molar-refractivity contribution < 1.29 is 9.90 Å². The minimum absolute atomic E-state index is 0.200. The zero-order chi connectivity index (χ0) is 10.5. The smallest absolute Gasteiger partial charge is 0.254 e. The van der Waals surface area contributed by atoms with Crippen LogP contribution in [0.3, 0.4) is 0 Å². The highest BCUT2D eigenvalue weighted by atomic mass is 16.3. The molecule has 0 radical (unpaired) electrons. The Hall–Kier alpha value is -1.78. The predicted octanol–water partition coefficient (Wildman–Crippen LogP) is 0.227. The number of fused-ring (bicyclic) bond motifs is 1. The summed E-state index contributed by atoms with van der Waals surface area (Å²) in [7, 11) is 1.64. The van der Waals surface area contributed by atoms with Crippen molar-refractivity contribution in [2.45, 2.75) is 13.0 Å². The molecular weight excluding hydrogens is 184 g/mol. The zero-order valence-corrected chi connectivity index (χ0v) is 7.87. The van der Waals surface area contributed by atoms with E-state index in [1.54, 1.807) is 14.0 Å². The fraction of sp³-hybridized carbons (Fsp3) is 0.333. The number of nitrogens with one attached hydrogen (secondary N) is 1. The number of amides is 1. The summed E-state index contributed by atoms with van der Waals surface area (Å²) < 4.78 is 0. The van der Waals surface area contributed by atoms with Crippen LogP contribution in [0.5, 0.6) is 5.88 Å². The number of H-pyrrole nitrogens is 1. The van der Waals surface area contributed by atoms with Crippen molar-refractivity contribution in [3.05, 3.63) is 27.5 Å². The second kappa shape index (κ2) is 2.60. The van der Waals surface area contributed by atoms with Gasteiger partial charge in [0.2, 0.25) is 0 Å². The van der Waals surface area contributed by atoms with Gasteiger partial charge in [-0.15, -0.1) is 0 Å². The monoisotopic (exact) mass is 194 g/mol. The van der Waals surface area contributed by atoms with Gasteiger partial charge in [0.25, 0.3) is 11.5 Å². The van der Waals surface area contributed by atoms with Crippen molar-refractivity contribution in [2.75, 3.05) is 7.05 Å². The summed E-state index contributed by atoms with van der Waals surface area (Å²) in [5.74, 6) is -0.438. The molecule has 0 spiro atoms. The van der Waals surface area contributed by atoms with Crippen LogP contribution in [-0.2, 0) is 0 Å². The number of pyridine rings is 1. The van der Waals surface area contributed by atoms with Crippen molar-refractivity contribution in [2.24, 2.45) is 0 Å². The molecule has 0 aromatic carbocycles. The van der Waals surface area contributed by atoms with Gasteiger partial charge in [0.1, 0.15) is 0 Å². The number of carbonyl (C=O) groups is 1. The van der Waals surface area contributed by atoms with E-state index < -0.39 is 5.56 Å². The molecular formula is C9H10N2O3. The van der Waals surface area contributed by atoms with Crippen LogP contribution in [0.1, 0.15) is 28.9 Å². The Balaban J connectivity index is 2.75. The molecule has 1 amide bonds. The van der Waals surface area contributed by atoms with Crippen LogP contribution in [0, 0.1) is 0 Å². The summed E-state index contributed by atoms with van der Waals surface area (Å²) in [4.78, 5) is 26.3. The molecule has 1 aliphatic rings. The number of aromatic amines is 1. The lowest BCUT2D eigenvalue weighted by Crippen LogP contribution is -2.21. The highest BCUT2D eigenvalue weighted by molar-refractivity contribution is 5.99. The Bertz CT molecular complexity index is 464. The number of nitrogens with zero attached hydrogens (tertiary/aromatic N) is 1. The summed E-state index contributed by atoms with van der Waals surface area (Å²) in [5, 5.41) is 9.48. The summed E-state index contributed by atoms with van der Waals surface area (Å²) in [6.45, 7) is 1.79. The van der Waals surface area contributed by atoms with Gasteiger partial charge in [-0.25, -0.2) is 0 Å². The van der Waals surface area contributed by atoms with Gasteiger partial charge < -0.3 is 10.0 Å². The van der Waals surface area contributed by atoms with Crippen molar-refractivity contribution in [3.8, 4) is 5.88 Å². The Morgan fingerprint density at radius 3 is 2.79 bits per heavy atom. The average molecular weight is 194 g/mol. The van der Waals surface area contributed by atoms with Gasteiger partial charge in [0.05, 0.1) is 11.6 Å². The SMILES string of the molecule is CC1c2c(cc(=O)[nH]c2O)C(=O)N1C. The third kappa shape index (κ3) is 0.951. The van der Waals surface area contributed by atoms with Crippen molar-refractivity contribution in [3.63, 3.8) is 0 Å². The van der Waals surface area contributed by atoms with Gasteiger partial charge in [0, 0.05) is 18.7 Å². The molecule has 0 bridgehead atoms. The molecule has 1 aromatic heterocycles. The molecule has 0 saturated heterocycles. The number of carbonyl (C=O) groups excluding carboxylic acids is 1. The first-order valence-electron chi connectivity index (χ1n) is 4.25. The first kappa shape index (κ1) is 8.80. The van der Waals surface area contributed by atoms with E-state index >= 15 is 0 Å². The van der Waals surface area contributed by atoms with Crippen LogP contribution in [0.4, 0.5) is 0 Å². The van der Waals surface area contributed by atoms with Crippen molar-refractivity contribution in [1.29, 1.82) is 0 Å². The molecule has 2 N–H and O–H groups in total. The van der Waals surface area contributed by atoms with Crippen LogP contribution in [0.2, 0.25) is 0 Å². The van der Waals surface area contributed by atoms with Crippen LogP contribution >= 0.6 is 0 Å². The second-order valence-corrected chi connectivity index (χ2v) is 3.40. The van der Waals surface area contributed by atoms with E-state index in [2.05, 4.69) is 4.98 Å². The quantitative estimate of drug-likeness (QED) is 0.620. The minimum Gasteiger partial charge on any atom is -0.494 e. The van der Waals surface area contributed by atoms with E-state index in [0.717, 1.165) is 0 Å². The number of rotatable bonds is 0. The normalized spacial score (nSPS) is 20.0. The molecule has 5 heteroatoms. The Labute approximate surface area is 80.0 Å². The summed E-state index contributed by atoms with van der Waals surface area (Å²) in [6, 6.07) is 1.02. The minimum atomic E-state index is -0.461. The molecule has 5 nitrogen and oxygen atoms in total. The van der Waals surface area contributed by atoms with E-state index in [1.807, 2.05) is 0 Å². The highest BCUT2D eigenvalue weighted by Gasteiger charge is 2.34. The van der Waals surface area contributed by atoms with E-state index in [4.69, 9.17) is 0 Å². The summed E-state index contributed by atoms with van der Waals surface area (Å²) in [6.07, 6.45) is 0. The molecule has 1 aromatic rings. The van der Waals surface area contributed by atoms with Crippen molar-refractivity contribution >= 4 is 5.91 Å². The first-order valence-corrected chi connectivity index (χ1v) is 4.25. The predicted molar refractivity (Wildman–Crippen MR) is 49.2 cm³/mol. The fourth-order valence-corrected chi connectivity index (χ4v) is 1.72. The largest absolute Gasteiger partial charge is 0.494 e. The van der Waals surface area contributed by atoms with Gasteiger partial charge in [-0.3, -0.25) is 14.6 Å². The van der Waals surface area contributed by atoms with Gasteiger partial charge in [0.15, 0.2) is 5.88 Å². The van der Waals surface area contributed by atoms with Gasteiger partial charge in [-0.2, -0.15) is 0 Å². The second-order valence-electron chi connectivity index (χ2n) is 3.40. The van der Waals surface area contributed by atoms with E-state index in [9.17, 15) is 14.7 Å². The Morgan fingerprint density at radius 2 is 2.14 bits per heavy atom. The molecule has 74 valence electrons. The molecule has 0 fully saturated rings. The van der Waals surface area contributed by atoms with E-state index in [1.165, 1.54) is 11.0 Å². The van der Waals surface area contributed by atoms with Gasteiger partial charge >= 0.3 is 0 Å². The summed E-state index contributed by atoms with van der Waals surface area (Å²) in [5.41, 5.74) is 0.329. The molecule has 1 unspecified atom stereocenters. The molecule has 14 heavy (non-hydrogen) atoms. The topological polar surface area (TPSA) is 73.4 Å². The number of hydrogen-bond donors (Lipinski definition) is 2. The maximum atomic E-state index is 11.6. The Kier molecular flexibility index (Phi) is 1.64. The molecule has 1 aliphatic heterocycles. The zero-order valence-electron chi connectivity index (χ0n) is 7.87. The lowest BCUT2D eigenvalue weighted by molar-refractivity contribution is 0.0784. The lowest BCUT2D eigenvalue weighted by Gasteiger charge is -2.15. The first-order chi connectivity index (χ1) is 6.52. The fourth-order valence-electron chi connectivity index (χ4n) is 1.72. The third-order valence-electron chi connectivity index (χ3n) is 2.61. The average Bonchev–Trinajstić information content (AvgIpc) is 2.31. The van der Waals surface area contributed by atoms with Crippen LogP contribution in [0.15, 0.2) is 10.9 Å². The van der Waals surface area contributed by atoms with Crippen molar-refractivity contribution in [1.82, 2.24) is 9.88 Å². The van der Waals surface area contributed by atoms with Crippen LogP contribution in [-0.4, -0.2) is 27.9 Å². The van der Waals surface area contributed by atoms with Crippen LogP contribution in [0.25, 0.3) is 0 Å². The highest BCUT2D eigenvalue weighted by Crippen LogP contribution is 2.35. The standard InChI is InChI=1S/C9H10N2O3/c1-4-7-5(9(14)11(4)2)3-6(12)10-8(7)13/h3-4H,1-2H3,(H2,10,12,13). The third-order valence-corrected chi connectivity index (χ3v) is 2.61. The molecule has 0 aliphatic carbocycles. The van der Waals surface area contributed by atoms with Crippen LogP contribution < -0.4 is 5.56 Å². The van der Waals surface area contributed by atoms with E-state index in [-0.39, 0.29) is 17.8 Å². The number of aromatic hydroxyl groups is 1. The maximum Gasteiger partial charge on any atom is 0.254 e. The summed E-state index contributed by atoms with van der Waals surface area (Å²) >= 11 is 0. The van der Waals surface area contributed by atoms with E-state index in [0.29, 0.717) is 11.1 Å². The number of hydrogen-bond acceptors (Lipinski definition) is 3. The Morgan fingerprint density at radius 1 is 1.50 bits per heavy atom. The molecule has 0 saturated carbocycles. The molecule has 1 atom stereocenters. The molecule has 2 heterocycles.